The Morgan fingerprint density at radius 1 is 1.12 bits per heavy atom. The third-order valence-corrected chi connectivity index (χ3v) is 5.16. The number of ether oxygens (including phenoxy) is 1. The average Bonchev–Trinajstić information content (AvgIpc) is 2.96. The van der Waals surface area contributed by atoms with Crippen molar-refractivity contribution in [1.29, 1.82) is 0 Å². The van der Waals surface area contributed by atoms with Crippen molar-refractivity contribution in [2.24, 2.45) is 0 Å². The number of carbonyl (C=O) groups excluding carboxylic acids is 2. The predicted octanol–water partition coefficient (Wildman–Crippen LogP) is 4.43. The molecule has 0 N–H and O–H groups in total. The van der Waals surface area contributed by atoms with E-state index < -0.39 is 0 Å². The fourth-order valence-electron chi connectivity index (χ4n) is 3.38. The number of nitrogens with zero attached hydrogens (tertiary/aromatic N) is 1. The molecule has 2 heterocycles. The van der Waals surface area contributed by atoms with E-state index in [1.54, 1.807) is 17.0 Å². The van der Waals surface area contributed by atoms with Crippen molar-refractivity contribution in [2.75, 3.05) is 11.5 Å². The summed E-state index contributed by atoms with van der Waals surface area (Å²) in [5, 5.41) is 0.577. The number of rotatable bonds is 2. The van der Waals surface area contributed by atoms with Crippen LogP contribution in [0.5, 0.6) is 0 Å². The highest BCUT2D eigenvalue weighted by atomic mass is 79.9. The number of benzene rings is 2. The van der Waals surface area contributed by atoms with Gasteiger partial charge in [-0.2, -0.15) is 0 Å². The van der Waals surface area contributed by atoms with Crippen LogP contribution in [0.15, 0.2) is 64.3 Å². The number of hydrogen-bond acceptors (Lipinski definition) is 3. The van der Waals surface area contributed by atoms with Gasteiger partial charge in [-0.15, -0.1) is 0 Å². The normalized spacial score (nSPS) is 19.9. The van der Waals surface area contributed by atoms with Crippen LogP contribution >= 0.6 is 27.5 Å². The second-order valence-corrected chi connectivity index (χ2v) is 7.31. The summed E-state index contributed by atoms with van der Waals surface area (Å²) in [6.07, 6.45) is 0.195. The molecule has 1 atom stereocenters. The van der Waals surface area contributed by atoms with Gasteiger partial charge in [0.1, 0.15) is 6.61 Å². The highest BCUT2D eigenvalue weighted by Crippen LogP contribution is 2.42. The van der Waals surface area contributed by atoms with Crippen molar-refractivity contribution in [3.8, 4) is 0 Å². The van der Waals surface area contributed by atoms with E-state index >= 15 is 0 Å². The van der Waals surface area contributed by atoms with Gasteiger partial charge < -0.3 is 4.74 Å². The van der Waals surface area contributed by atoms with Crippen LogP contribution in [0.1, 0.15) is 17.9 Å². The zero-order chi connectivity index (χ0) is 17.6. The van der Waals surface area contributed by atoms with Crippen LogP contribution in [0, 0.1) is 0 Å². The summed E-state index contributed by atoms with van der Waals surface area (Å²) in [5.41, 5.74) is 2.72. The molecule has 0 saturated heterocycles. The summed E-state index contributed by atoms with van der Waals surface area (Å²) in [7, 11) is 0. The quantitative estimate of drug-likeness (QED) is 0.678. The molecule has 0 fully saturated rings. The molecular weight excluding hydrogens is 406 g/mol. The lowest BCUT2D eigenvalue weighted by Crippen LogP contribution is -2.37. The molecule has 2 aliphatic heterocycles. The lowest BCUT2D eigenvalue weighted by atomic mass is 9.84. The Hall–Kier alpha value is -2.11. The smallest absolute Gasteiger partial charge is 0.336 e. The van der Waals surface area contributed by atoms with Gasteiger partial charge >= 0.3 is 5.97 Å². The summed E-state index contributed by atoms with van der Waals surface area (Å²) in [5.74, 6) is -0.771. The molecule has 1 amide bonds. The maximum Gasteiger partial charge on any atom is 0.336 e. The van der Waals surface area contributed by atoms with E-state index in [1.807, 2.05) is 36.4 Å². The van der Waals surface area contributed by atoms with Crippen LogP contribution in [-0.4, -0.2) is 18.5 Å². The molecule has 4 nitrogen and oxygen atoms in total. The van der Waals surface area contributed by atoms with E-state index in [0.717, 1.165) is 15.7 Å². The molecule has 1 unspecified atom stereocenters. The van der Waals surface area contributed by atoms with Gasteiger partial charge in [0.15, 0.2) is 0 Å². The standard InChI is InChI=1S/C19H13BrClNO3/c20-12-4-2-6-14(8-12)22-16-10-25-19(24)18(16)15(9-17(22)23)11-3-1-5-13(21)7-11/h1-8,15H,9-10H2. The van der Waals surface area contributed by atoms with E-state index in [1.165, 1.54) is 0 Å². The second-order valence-electron chi connectivity index (χ2n) is 5.96. The molecule has 0 spiro atoms. The molecule has 0 radical (unpaired) electrons. The molecular formula is C19H13BrClNO3. The number of hydrogen-bond donors (Lipinski definition) is 0. The van der Waals surface area contributed by atoms with Crippen LogP contribution in [-0.2, 0) is 14.3 Å². The van der Waals surface area contributed by atoms with E-state index in [4.69, 9.17) is 16.3 Å². The van der Waals surface area contributed by atoms with Crippen LogP contribution in [0.2, 0.25) is 5.02 Å². The molecule has 2 aliphatic rings. The van der Waals surface area contributed by atoms with E-state index in [2.05, 4.69) is 15.9 Å². The van der Waals surface area contributed by atoms with Gasteiger partial charge in [-0.05, 0) is 35.9 Å². The van der Waals surface area contributed by atoms with Gasteiger partial charge in [0.25, 0.3) is 0 Å². The van der Waals surface area contributed by atoms with Crippen LogP contribution < -0.4 is 4.90 Å². The molecule has 2 aromatic carbocycles. The number of esters is 1. The molecule has 0 bridgehead atoms. The summed E-state index contributed by atoms with van der Waals surface area (Å²) in [6.45, 7) is 0.101. The van der Waals surface area contributed by atoms with Crippen molar-refractivity contribution in [1.82, 2.24) is 0 Å². The zero-order valence-corrected chi connectivity index (χ0v) is 15.4. The maximum absolute atomic E-state index is 12.9. The van der Waals surface area contributed by atoms with Gasteiger partial charge in [-0.25, -0.2) is 4.79 Å². The second kappa shape index (κ2) is 6.32. The van der Waals surface area contributed by atoms with Gasteiger partial charge in [0, 0.05) is 27.5 Å². The molecule has 0 saturated carbocycles. The Morgan fingerprint density at radius 2 is 1.92 bits per heavy atom. The van der Waals surface area contributed by atoms with Crippen molar-refractivity contribution in [2.45, 2.75) is 12.3 Å². The van der Waals surface area contributed by atoms with E-state index in [9.17, 15) is 9.59 Å². The Kier molecular flexibility index (Phi) is 4.13. The van der Waals surface area contributed by atoms with Crippen molar-refractivity contribution in [3.63, 3.8) is 0 Å². The Morgan fingerprint density at radius 3 is 2.68 bits per heavy atom. The number of carbonyl (C=O) groups is 2. The monoisotopic (exact) mass is 417 g/mol. The van der Waals surface area contributed by atoms with E-state index in [0.29, 0.717) is 16.3 Å². The van der Waals surface area contributed by atoms with Crippen molar-refractivity contribution >= 4 is 45.1 Å². The first kappa shape index (κ1) is 16.4. The minimum atomic E-state index is -0.368. The number of halogens is 2. The van der Waals surface area contributed by atoms with E-state index in [-0.39, 0.29) is 30.8 Å². The maximum atomic E-state index is 12.9. The van der Waals surface area contributed by atoms with Crippen LogP contribution in [0.4, 0.5) is 5.69 Å². The molecule has 25 heavy (non-hydrogen) atoms. The topological polar surface area (TPSA) is 46.6 Å². The number of anilines is 1. The third-order valence-electron chi connectivity index (χ3n) is 4.43. The fourth-order valence-corrected chi connectivity index (χ4v) is 3.96. The van der Waals surface area contributed by atoms with Crippen LogP contribution in [0.25, 0.3) is 0 Å². The number of amides is 1. The number of cyclic esters (lactones) is 1. The summed E-state index contributed by atoms with van der Waals surface area (Å²) < 4.78 is 6.12. The molecule has 126 valence electrons. The molecule has 2 aromatic rings. The SMILES string of the molecule is O=C1OCC2=C1C(c1cccc(Cl)c1)CC(=O)N2c1cccc(Br)c1. The molecule has 0 aliphatic carbocycles. The lowest BCUT2D eigenvalue weighted by Gasteiger charge is -2.32. The van der Waals surface area contributed by atoms with Gasteiger partial charge in [0.05, 0.1) is 11.3 Å². The van der Waals surface area contributed by atoms with Gasteiger partial charge in [0.2, 0.25) is 5.91 Å². The van der Waals surface area contributed by atoms with Crippen LogP contribution in [0.3, 0.4) is 0 Å². The first-order chi connectivity index (χ1) is 12.0. The minimum absolute atomic E-state index is 0.0693. The average molecular weight is 419 g/mol. The predicted molar refractivity (Wildman–Crippen MR) is 98.4 cm³/mol. The Bertz CT molecular complexity index is 924. The third kappa shape index (κ3) is 2.87. The summed E-state index contributed by atoms with van der Waals surface area (Å²) >= 11 is 9.51. The fraction of sp³-hybridized carbons (Fsp3) is 0.158. The first-order valence-corrected chi connectivity index (χ1v) is 8.96. The van der Waals surface area contributed by atoms with Gasteiger partial charge in [-0.3, -0.25) is 9.69 Å². The Labute approximate surface area is 158 Å². The lowest BCUT2D eigenvalue weighted by molar-refractivity contribution is -0.136. The molecule has 0 aromatic heterocycles. The highest BCUT2D eigenvalue weighted by Gasteiger charge is 2.42. The Balaban J connectivity index is 1.84. The van der Waals surface area contributed by atoms with Crippen molar-refractivity contribution < 1.29 is 14.3 Å². The summed E-state index contributed by atoms with van der Waals surface area (Å²) in [4.78, 5) is 26.9. The summed E-state index contributed by atoms with van der Waals surface area (Å²) in [6, 6.07) is 14.7. The highest BCUT2D eigenvalue weighted by molar-refractivity contribution is 9.10. The first-order valence-electron chi connectivity index (χ1n) is 7.79. The molecule has 4 rings (SSSR count). The van der Waals surface area contributed by atoms with Gasteiger partial charge in [-0.1, -0.05) is 45.7 Å². The minimum Gasteiger partial charge on any atom is -0.456 e. The zero-order valence-electron chi connectivity index (χ0n) is 13.0. The molecule has 6 heteroatoms. The van der Waals surface area contributed by atoms with Crippen molar-refractivity contribution in [3.05, 3.63) is 74.9 Å². The largest absolute Gasteiger partial charge is 0.456 e.